The highest BCUT2D eigenvalue weighted by Gasteiger charge is 2.06. The van der Waals surface area contributed by atoms with E-state index in [4.69, 9.17) is 9.84 Å². The number of carboxylic acids is 1. The highest BCUT2D eigenvalue weighted by molar-refractivity contribution is 5.92. The molecule has 0 radical (unpaired) electrons. The zero-order valence-corrected chi connectivity index (χ0v) is 13.1. The van der Waals surface area contributed by atoms with Gasteiger partial charge < -0.3 is 15.2 Å². The van der Waals surface area contributed by atoms with Crippen molar-refractivity contribution in [3.8, 4) is 5.75 Å². The van der Waals surface area contributed by atoms with Gasteiger partial charge in [-0.25, -0.2) is 0 Å². The number of carbonyl (C=O) groups is 2. The second-order valence-corrected chi connectivity index (χ2v) is 5.23. The molecule has 1 amide bonds. The molecule has 5 nitrogen and oxygen atoms in total. The maximum absolute atomic E-state index is 11.6. The first-order chi connectivity index (χ1) is 10.6. The van der Waals surface area contributed by atoms with Crippen LogP contribution in [0.25, 0.3) is 0 Å². The Kier molecular flexibility index (Phi) is 8.72. The van der Waals surface area contributed by atoms with E-state index in [1.54, 1.807) is 18.2 Å². The van der Waals surface area contributed by atoms with Crippen LogP contribution >= 0.6 is 0 Å². The molecule has 0 atom stereocenters. The molecule has 0 bridgehead atoms. The van der Waals surface area contributed by atoms with Crippen LogP contribution in [-0.2, 0) is 9.59 Å². The number of aliphatic carboxylic acids is 1. The minimum atomic E-state index is -0.977. The molecule has 0 fully saturated rings. The van der Waals surface area contributed by atoms with Crippen molar-refractivity contribution in [2.75, 3.05) is 11.9 Å². The molecule has 122 valence electrons. The van der Waals surface area contributed by atoms with Crippen LogP contribution in [0.3, 0.4) is 0 Å². The summed E-state index contributed by atoms with van der Waals surface area (Å²) in [6.07, 6.45) is 5.72. The van der Waals surface area contributed by atoms with Crippen LogP contribution in [0, 0.1) is 0 Å². The molecule has 1 rings (SSSR count). The van der Waals surface area contributed by atoms with Crippen molar-refractivity contribution in [1.29, 1.82) is 0 Å². The molecule has 1 aromatic rings. The molecular formula is C17H25NO4. The first-order valence-corrected chi connectivity index (χ1v) is 7.86. The molecule has 5 heteroatoms. The fourth-order valence-electron chi connectivity index (χ4n) is 2.00. The lowest BCUT2D eigenvalue weighted by molar-refractivity contribution is -0.138. The van der Waals surface area contributed by atoms with Crippen LogP contribution in [0.2, 0.25) is 0 Å². The number of carboxylic acid groups (broad SMARTS) is 1. The Morgan fingerprint density at radius 1 is 1.14 bits per heavy atom. The third kappa shape index (κ3) is 8.29. The Morgan fingerprint density at radius 2 is 1.91 bits per heavy atom. The summed E-state index contributed by atoms with van der Waals surface area (Å²) in [5.74, 6) is -0.569. The summed E-state index contributed by atoms with van der Waals surface area (Å²) in [6.45, 7) is 2.85. The van der Waals surface area contributed by atoms with Gasteiger partial charge in [-0.15, -0.1) is 0 Å². The molecule has 0 heterocycles. The molecule has 22 heavy (non-hydrogen) atoms. The molecule has 0 aliphatic heterocycles. The summed E-state index contributed by atoms with van der Waals surface area (Å²) < 4.78 is 5.66. The first-order valence-electron chi connectivity index (χ1n) is 7.86. The number of unbranched alkanes of at least 4 members (excludes halogenated alkanes) is 4. The van der Waals surface area contributed by atoms with Crippen LogP contribution in [-0.4, -0.2) is 23.6 Å². The molecular weight excluding hydrogens is 282 g/mol. The van der Waals surface area contributed by atoms with E-state index in [2.05, 4.69) is 12.2 Å². The van der Waals surface area contributed by atoms with Gasteiger partial charge in [-0.1, -0.05) is 38.7 Å². The van der Waals surface area contributed by atoms with Crippen molar-refractivity contribution >= 4 is 17.6 Å². The maximum Gasteiger partial charge on any atom is 0.303 e. The Labute approximate surface area is 131 Å². The SMILES string of the molecule is CCCCCCCOc1cccc(NC(=O)CCC(=O)O)c1. The quantitative estimate of drug-likeness (QED) is 0.609. The Bertz CT molecular complexity index is 473. The van der Waals surface area contributed by atoms with Crippen molar-refractivity contribution in [2.45, 2.75) is 51.9 Å². The van der Waals surface area contributed by atoms with Gasteiger partial charge in [0.1, 0.15) is 5.75 Å². The standard InChI is InChI=1S/C17H25NO4/c1-2-3-4-5-6-12-22-15-9-7-8-14(13-15)18-16(19)10-11-17(20)21/h7-9,13H,2-6,10-12H2,1H3,(H,18,19)(H,20,21). The molecule has 0 aliphatic carbocycles. The van der Waals surface area contributed by atoms with E-state index >= 15 is 0 Å². The van der Waals surface area contributed by atoms with Crippen LogP contribution < -0.4 is 10.1 Å². The number of hydrogen-bond donors (Lipinski definition) is 2. The van der Waals surface area contributed by atoms with Crippen molar-refractivity contribution < 1.29 is 19.4 Å². The normalized spacial score (nSPS) is 10.2. The van der Waals surface area contributed by atoms with Crippen LogP contribution in [0.4, 0.5) is 5.69 Å². The smallest absolute Gasteiger partial charge is 0.303 e. The van der Waals surface area contributed by atoms with E-state index in [9.17, 15) is 9.59 Å². The summed E-state index contributed by atoms with van der Waals surface area (Å²) in [4.78, 5) is 22.0. The lowest BCUT2D eigenvalue weighted by Gasteiger charge is -2.09. The summed E-state index contributed by atoms with van der Waals surface area (Å²) >= 11 is 0. The van der Waals surface area contributed by atoms with E-state index < -0.39 is 5.97 Å². The lowest BCUT2D eigenvalue weighted by atomic mass is 10.2. The number of benzene rings is 1. The van der Waals surface area contributed by atoms with Crippen molar-refractivity contribution in [1.82, 2.24) is 0 Å². The minimum absolute atomic E-state index is 0.0299. The van der Waals surface area contributed by atoms with Crippen molar-refractivity contribution in [2.24, 2.45) is 0 Å². The van der Waals surface area contributed by atoms with Gasteiger partial charge in [-0.05, 0) is 18.6 Å². The van der Waals surface area contributed by atoms with Gasteiger partial charge in [0, 0.05) is 18.2 Å². The van der Waals surface area contributed by atoms with E-state index in [1.807, 2.05) is 6.07 Å². The lowest BCUT2D eigenvalue weighted by Crippen LogP contribution is -2.13. The number of hydrogen-bond acceptors (Lipinski definition) is 3. The second kappa shape index (κ2) is 10.7. The van der Waals surface area contributed by atoms with Crippen LogP contribution in [0.1, 0.15) is 51.9 Å². The fourth-order valence-corrected chi connectivity index (χ4v) is 2.00. The first kappa shape index (κ1) is 18.0. The average Bonchev–Trinajstić information content (AvgIpc) is 2.49. The number of nitrogens with one attached hydrogen (secondary N) is 1. The topological polar surface area (TPSA) is 75.6 Å². The van der Waals surface area contributed by atoms with Gasteiger partial charge >= 0.3 is 5.97 Å². The number of carbonyl (C=O) groups excluding carboxylic acids is 1. The highest BCUT2D eigenvalue weighted by Crippen LogP contribution is 2.18. The predicted octanol–water partition coefficient (Wildman–Crippen LogP) is 3.84. The van der Waals surface area contributed by atoms with Gasteiger partial charge in [0.05, 0.1) is 13.0 Å². The van der Waals surface area contributed by atoms with Crippen LogP contribution in [0.15, 0.2) is 24.3 Å². The minimum Gasteiger partial charge on any atom is -0.494 e. The summed E-state index contributed by atoms with van der Waals surface area (Å²) in [7, 11) is 0. The van der Waals surface area contributed by atoms with Crippen molar-refractivity contribution in [3.05, 3.63) is 24.3 Å². The highest BCUT2D eigenvalue weighted by atomic mass is 16.5. The van der Waals surface area contributed by atoms with Gasteiger partial charge in [0.25, 0.3) is 0 Å². The van der Waals surface area contributed by atoms with Gasteiger partial charge in [-0.2, -0.15) is 0 Å². The zero-order chi connectivity index (χ0) is 16.2. The summed E-state index contributed by atoms with van der Waals surface area (Å²) in [5.41, 5.74) is 0.624. The molecule has 0 spiro atoms. The van der Waals surface area contributed by atoms with E-state index in [0.29, 0.717) is 18.0 Å². The predicted molar refractivity (Wildman–Crippen MR) is 86.2 cm³/mol. The summed E-state index contributed by atoms with van der Waals surface area (Å²) in [6, 6.07) is 7.16. The second-order valence-electron chi connectivity index (χ2n) is 5.23. The Hall–Kier alpha value is -2.04. The molecule has 0 aliphatic rings. The number of ether oxygens (including phenoxy) is 1. The molecule has 0 unspecified atom stereocenters. The third-order valence-corrected chi connectivity index (χ3v) is 3.20. The van der Waals surface area contributed by atoms with E-state index in [1.165, 1.54) is 25.7 Å². The Morgan fingerprint density at radius 3 is 2.64 bits per heavy atom. The number of rotatable bonds is 11. The molecule has 2 N–H and O–H groups in total. The number of anilines is 1. The van der Waals surface area contributed by atoms with Gasteiger partial charge in [0.15, 0.2) is 0 Å². The fraction of sp³-hybridized carbons (Fsp3) is 0.529. The van der Waals surface area contributed by atoms with Crippen LogP contribution in [0.5, 0.6) is 5.75 Å². The molecule has 1 aromatic carbocycles. The maximum atomic E-state index is 11.6. The van der Waals surface area contributed by atoms with E-state index in [-0.39, 0.29) is 18.7 Å². The summed E-state index contributed by atoms with van der Waals surface area (Å²) in [5, 5.41) is 11.2. The average molecular weight is 307 g/mol. The van der Waals surface area contributed by atoms with E-state index in [0.717, 1.165) is 6.42 Å². The van der Waals surface area contributed by atoms with Gasteiger partial charge in [-0.3, -0.25) is 9.59 Å². The monoisotopic (exact) mass is 307 g/mol. The zero-order valence-electron chi connectivity index (χ0n) is 13.1. The number of amides is 1. The Balaban J connectivity index is 2.32. The molecule has 0 saturated carbocycles. The van der Waals surface area contributed by atoms with Crippen molar-refractivity contribution in [3.63, 3.8) is 0 Å². The largest absolute Gasteiger partial charge is 0.494 e. The molecule has 0 saturated heterocycles. The third-order valence-electron chi connectivity index (χ3n) is 3.20. The molecule has 0 aromatic heterocycles. The van der Waals surface area contributed by atoms with Gasteiger partial charge in [0.2, 0.25) is 5.91 Å².